The minimum Gasteiger partial charge on any atom is -0.249 e. The molecule has 0 radical (unpaired) electrons. The molecule has 0 bridgehead atoms. The van der Waals surface area contributed by atoms with E-state index in [0.717, 1.165) is 10.2 Å². The summed E-state index contributed by atoms with van der Waals surface area (Å²) in [5.41, 5.74) is 4.69. The van der Waals surface area contributed by atoms with Crippen LogP contribution >= 0.6 is 15.9 Å². The number of pyridine rings is 1. The van der Waals surface area contributed by atoms with Gasteiger partial charge in [-0.2, -0.15) is 0 Å². The topological polar surface area (TPSA) is 12.9 Å². The van der Waals surface area contributed by atoms with Crippen LogP contribution in [0.4, 0.5) is 0 Å². The average Bonchev–Trinajstić information content (AvgIpc) is 2.49. The summed E-state index contributed by atoms with van der Waals surface area (Å²) < 4.78 is 0.875. The van der Waals surface area contributed by atoms with Crippen molar-refractivity contribution in [3.8, 4) is 22.3 Å². The van der Waals surface area contributed by atoms with E-state index in [1.165, 1.54) is 16.7 Å². The fraction of sp³-hybridized carbons (Fsp3) is 0. The lowest BCUT2D eigenvalue weighted by molar-refractivity contribution is 1.28. The van der Waals surface area contributed by atoms with Crippen molar-refractivity contribution in [3.63, 3.8) is 0 Å². The molecule has 0 unspecified atom stereocenters. The lowest BCUT2D eigenvalue weighted by Gasteiger charge is -2.11. The van der Waals surface area contributed by atoms with Gasteiger partial charge in [0.05, 0.1) is 0 Å². The van der Waals surface area contributed by atoms with Gasteiger partial charge in [0.1, 0.15) is 4.60 Å². The van der Waals surface area contributed by atoms with E-state index in [1.54, 1.807) is 0 Å². The van der Waals surface area contributed by atoms with Gasteiger partial charge in [-0.25, -0.2) is 4.98 Å². The second-order valence-electron chi connectivity index (χ2n) is 4.26. The van der Waals surface area contributed by atoms with Crippen LogP contribution in [0.5, 0.6) is 0 Å². The maximum absolute atomic E-state index is 4.36. The third-order valence-corrected chi connectivity index (χ3v) is 3.65. The van der Waals surface area contributed by atoms with Gasteiger partial charge in [0.15, 0.2) is 0 Å². The smallest absolute Gasteiger partial charge is 0.114 e. The van der Waals surface area contributed by atoms with Gasteiger partial charge in [0, 0.05) is 11.8 Å². The second kappa shape index (κ2) is 5.37. The Morgan fingerprint density at radius 1 is 0.684 bits per heavy atom. The predicted molar refractivity (Wildman–Crippen MR) is 82.8 cm³/mol. The normalized spacial score (nSPS) is 10.4. The number of aromatic nitrogens is 1. The number of hydrogen-bond acceptors (Lipinski definition) is 1. The van der Waals surface area contributed by atoms with Gasteiger partial charge in [-0.15, -0.1) is 0 Å². The lowest BCUT2D eigenvalue weighted by atomic mass is 9.97. The molecule has 0 atom stereocenters. The Hall–Kier alpha value is -1.93. The van der Waals surface area contributed by atoms with Crippen LogP contribution in [-0.2, 0) is 0 Å². The molecule has 0 amide bonds. The molecule has 1 nitrogen and oxygen atoms in total. The van der Waals surface area contributed by atoms with Crippen molar-refractivity contribution < 1.29 is 0 Å². The molecule has 0 fully saturated rings. The van der Waals surface area contributed by atoms with E-state index < -0.39 is 0 Å². The molecule has 0 N–H and O–H groups in total. The van der Waals surface area contributed by atoms with Crippen LogP contribution in [-0.4, -0.2) is 4.98 Å². The summed E-state index contributed by atoms with van der Waals surface area (Å²) in [6.45, 7) is 0. The van der Waals surface area contributed by atoms with Crippen molar-refractivity contribution in [2.75, 3.05) is 0 Å². The monoisotopic (exact) mass is 309 g/mol. The highest BCUT2D eigenvalue weighted by Gasteiger charge is 2.11. The van der Waals surface area contributed by atoms with Crippen molar-refractivity contribution in [1.82, 2.24) is 4.98 Å². The third kappa shape index (κ3) is 2.45. The van der Waals surface area contributed by atoms with E-state index >= 15 is 0 Å². The van der Waals surface area contributed by atoms with Crippen molar-refractivity contribution in [2.24, 2.45) is 0 Å². The Balaban J connectivity index is 2.25. The zero-order valence-electron chi connectivity index (χ0n) is 10.3. The van der Waals surface area contributed by atoms with Gasteiger partial charge in [-0.3, -0.25) is 0 Å². The molecule has 92 valence electrons. The molecule has 3 aromatic rings. The van der Waals surface area contributed by atoms with Gasteiger partial charge < -0.3 is 0 Å². The van der Waals surface area contributed by atoms with Crippen LogP contribution in [0.15, 0.2) is 77.5 Å². The zero-order chi connectivity index (χ0) is 13.1. The summed E-state index contributed by atoms with van der Waals surface area (Å²) in [7, 11) is 0. The Bertz CT molecular complexity index is 678. The summed E-state index contributed by atoms with van der Waals surface area (Å²) in [5.74, 6) is 0. The minimum absolute atomic E-state index is 0.875. The summed E-state index contributed by atoms with van der Waals surface area (Å²) in [4.78, 5) is 4.36. The maximum Gasteiger partial charge on any atom is 0.114 e. The molecular weight excluding hydrogens is 298 g/mol. The van der Waals surface area contributed by atoms with Crippen LogP contribution < -0.4 is 0 Å². The van der Waals surface area contributed by atoms with E-state index in [2.05, 4.69) is 63.4 Å². The molecule has 2 heteroatoms. The van der Waals surface area contributed by atoms with Crippen LogP contribution in [0.25, 0.3) is 22.3 Å². The molecule has 0 saturated carbocycles. The molecule has 0 aliphatic heterocycles. The molecule has 19 heavy (non-hydrogen) atoms. The molecule has 0 aliphatic rings. The fourth-order valence-corrected chi connectivity index (χ4v) is 2.73. The number of rotatable bonds is 2. The Morgan fingerprint density at radius 3 is 1.89 bits per heavy atom. The molecule has 1 aromatic heterocycles. The first-order chi connectivity index (χ1) is 9.36. The standard InChI is InChI=1S/C17H12BrN/c18-17-16(14-9-5-2-6-10-14)15(11-12-19-17)13-7-3-1-4-8-13/h1-12H. The molecule has 0 saturated heterocycles. The maximum atomic E-state index is 4.36. The molecule has 0 spiro atoms. The van der Waals surface area contributed by atoms with E-state index in [-0.39, 0.29) is 0 Å². The number of nitrogens with zero attached hydrogens (tertiary/aromatic N) is 1. The molecule has 2 aromatic carbocycles. The van der Waals surface area contributed by atoms with E-state index in [4.69, 9.17) is 0 Å². The largest absolute Gasteiger partial charge is 0.249 e. The van der Waals surface area contributed by atoms with Crippen molar-refractivity contribution >= 4 is 15.9 Å². The van der Waals surface area contributed by atoms with Crippen LogP contribution in [0.3, 0.4) is 0 Å². The van der Waals surface area contributed by atoms with E-state index in [9.17, 15) is 0 Å². The Labute approximate surface area is 121 Å². The molecule has 0 aliphatic carbocycles. The number of benzene rings is 2. The first-order valence-electron chi connectivity index (χ1n) is 6.11. The van der Waals surface area contributed by atoms with Crippen LogP contribution in [0.2, 0.25) is 0 Å². The fourth-order valence-electron chi connectivity index (χ4n) is 2.17. The SMILES string of the molecule is Brc1nccc(-c2ccccc2)c1-c1ccccc1. The van der Waals surface area contributed by atoms with Crippen molar-refractivity contribution in [3.05, 3.63) is 77.5 Å². The highest BCUT2D eigenvalue weighted by atomic mass is 79.9. The first kappa shape index (κ1) is 12.1. The second-order valence-corrected chi connectivity index (χ2v) is 5.01. The highest BCUT2D eigenvalue weighted by Crippen LogP contribution is 2.36. The highest BCUT2D eigenvalue weighted by molar-refractivity contribution is 9.10. The molecule has 1 heterocycles. The minimum atomic E-state index is 0.875. The van der Waals surface area contributed by atoms with Crippen LogP contribution in [0.1, 0.15) is 0 Å². The summed E-state index contributed by atoms with van der Waals surface area (Å²) in [5, 5.41) is 0. The molecule has 3 rings (SSSR count). The van der Waals surface area contributed by atoms with Crippen LogP contribution in [0, 0.1) is 0 Å². The van der Waals surface area contributed by atoms with E-state index in [1.807, 2.05) is 30.5 Å². The zero-order valence-corrected chi connectivity index (χ0v) is 11.8. The third-order valence-electron chi connectivity index (χ3n) is 3.05. The van der Waals surface area contributed by atoms with Gasteiger partial charge in [0.2, 0.25) is 0 Å². The first-order valence-corrected chi connectivity index (χ1v) is 6.91. The van der Waals surface area contributed by atoms with Gasteiger partial charge in [-0.1, -0.05) is 60.7 Å². The summed E-state index contributed by atoms with van der Waals surface area (Å²) in [6.07, 6.45) is 1.83. The van der Waals surface area contributed by atoms with Crippen molar-refractivity contribution in [1.29, 1.82) is 0 Å². The summed E-state index contributed by atoms with van der Waals surface area (Å²) >= 11 is 3.57. The van der Waals surface area contributed by atoms with Gasteiger partial charge >= 0.3 is 0 Å². The molecular formula is C17H12BrN. The Morgan fingerprint density at radius 2 is 1.26 bits per heavy atom. The van der Waals surface area contributed by atoms with Gasteiger partial charge in [-0.05, 0) is 38.7 Å². The summed E-state index contributed by atoms with van der Waals surface area (Å²) in [6, 6.07) is 22.8. The van der Waals surface area contributed by atoms with Crippen molar-refractivity contribution in [2.45, 2.75) is 0 Å². The quantitative estimate of drug-likeness (QED) is 0.594. The van der Waals surface area contributed by atoms with Gasteiger partial charge in [0.25, 0.3) is 0 Å². The average molecular weight is 310 g/mol. The Kier molecular flexibility index (Phi) is 3.43. The van der Waals surface area contributed by atoms with E-state index in [0.29, 0.717) is 0 Å². The number of halogens is 1. The predicted octanol–water partition coefficient (Wildman–Crippen LogP) is 5.18. The number of hydrogen-bond donors (Lipinski definition) is 0. The lowest BCUT2D eigenvalue weighted by Crippen LogP contribution is -1.89.